The van der Waals surface area contributed by atoms with Crippen molar-refractivity contribution in [3.63, 3.8) is 0 Å². The van der Waals surface area contributed by atoms with E-state index in [1.54, 1.807) is 0 Å². The minimum Gasteiger partial charge on any atom is -0.306 e. The third kappa shape index (κ3) is 8.13. The van der Waals surface area contributed by atoms with Crippen molar-refractivity contribution >= 4 is 0 Å². The van der Waals surface area contributed by atoms with Crippen LogP contribution in [0.1, 0.15) is 49.8 Å². The van der Waals surface area contributed by atoms with E-state index in [1.807, 2.05) is 0 Å². The molecule has 0 aliphatic carbocycles. The van der Waals surface area contributed by atoms with Crippen LogP contribution in [0.4, 0.5) is 0 Å². The summed E-state index contributed by atoms with van der Waals surface area (Å²) in [7, 11) is 0. The lowest BCUT2D eigenvalue weighted by atomic mass is 10.0. The number of benzene rings is 2. The lowest BCUT2D eigenvalue weighted by Gasteiger charge is -2.18. The number of unbranched alkanes of at least 4 members (excludes halogenated alkanes) is 1. The molecule has 26 heavy (non-hydrogen) atoms. The van der Waals surface area contributed by atoms with Gasteiger partial charge in [0, 0.05) is 12.6 Å². The van der Waals surface area contributed by atoms with E-state index in [0.29, 0.717) is 6.04 Å². The first-order valence-electron chi connectivity index (χ1n) is 9.63. The van der Waals surface area contributed by atoms with Crippen LogP contribution in [0.5, 0.6) is 0 Å². The molecule has 2 rings (SSSR count). The maximum atomic E-state index is 3.70. The highest BCUT2D eigenvalue weighted by molar-refractivity contribution is 5.21. The van der Waals surface area contributed by atoms with Gasteiger partial charge < -0.3 is 5.32 Å². The van der Waals surface area contributed by atoms with Gasteiger partial charge in [0.1, 0.15) is 0 Å². The number of rotatable bonds is 11. The minimum atomic E-state index is 0.345. The predicted molar refractivity (Wildman–Crippen MR) is 114 cm³/mol. The van der Waals surface area contributed by atoms with E-state index < -0.39 is 0 Å². The summed E-state index contributed by atoms with van der Waals surface area (Å²) in [5.41, 5.74) is 2.67. The summed E-state index contributed by atoms with van der Waals surface area (Å²) in [6.45, 7) is 2.95. The third-order valence-corrected chi connectivity index (χ3v) is 4.31. The fourth-order valence-corrected chi connectivity index (χ4v) is 2.83. The zero-order valence-electron chi connectivity index (χ0n) is 15.9. The molecule has 1 N–H and O–H groups in total. The van der Waals surface area contributed by atoms with Gasteiger partial charge in [-0.1, -0.05) is 97.1 Å². The monoisotopic (exact) mass is 345 g/mol. The SMILES string of the molecule is C/C=C\C/C=C/CC/C=C/CC(NCc1ccccc1)c1ccccc1. The highest BCUT2D eigenvalue weighted by Crippen LogP contribution is 2.18. The van der Waals surface area contributed by atoms with E-state index in [9.17, 15) is 0 Å². The zero-order chi connectivity index (χ0) is 18.3. The molecule has 1 nitrogen and oxygen atoms in total. The van der Waals surface area contributed by atoms with E-state index in [4.69, 9.17) is 0 Å². The van der Waals surface area contributed by atoms with Crippen molar-refractivity contribution in [1.82, 2.24) is 5.32 Å². The molecule has 0 saturated heterocycles. The topological polar surface area (TPSA) is 12.0 Å². The maximum absolute atomic E-state index is 3.70. The van der Waals surface area contributed by atoms with Crippen LogP contribution in [-0.2, 0) is 6.54 Å². The predicted octanol–water partition coefficient (Wildman–Crippen LogP) is 6.77. The molecule has 1 unspecified atom stereocenters. The van der Waals surface area contributed by atoms with E-state index in [-0.39, 0.29) is 0 Å². The zero-order valence-corrected chi connectivity index (χ0v) is 15.9. The second kappa shape index (κ2) is 12.9. The average molecular weight is 346 g/mol. The lowest BCUT2D eigenvalue weighted by molar-refractivity contribution is 0.538. The third-order valence-electron chi connectivity index (χ3n) is 4.31. The largest absolute Gasteiger partial charge is 0.306 e. The Bertz CT molecular complexity index is 668. The summed E-state index contributed by atoms with van der Waals surface area (Å²) < 4.78 is 0. The van der Waals surface area contributed by atoms with Crippen molar-refractivity contribution in [2.45, 2.75) is 45.2 Å². The van der Waals surface area contributed by atoms with Gasteiger partial charge in [0.15, 0.2) is 0 Å². The molecule has 0 saturated carbocycles. The Morgan fingerprint density at radius 2 is 1.42 bits per heavy atom. The molecule has 1 atom stereocenters. The average Bonchev–Trinajstić information content (AvgIpc) is 2.70. The molecular weight excluding hydrogens is 314 g/mol. The molecule has 0 spiro atoms. The molecule has 2 aromatic carbocycles. The molecular formula is C25H31N. The van der Waals surface area contributed by atoms with Gasteiger partial charge in [0.25, 0.3) is 0 Å². The molecule has 0 aromatic heterocycles. The molecule has 0 fully saturated rings. The van der Waals surface area contributed by atoms with Crippen LogP contribution in [0.3, 0.4) is 0 Å². The van der Waals surface area contributed by atoms with E-state index in [2.05, 4.69) is 109 Å². The molecule has 136 valence electrons. The van der Waals surface area contributed by atoms with Crippen LogP contribution in [0.2, 0.25) is 0 Å². The normalized spacial score (nSPS) is 13.1. The van der Waals surface area contributed by atoms with Crippen molar-refractivity contribution < 1.29 is 0 Å². The van der Waals surface area contributed by atoms with Crippen LogP contribution in [-0.4, -0.2) is 0 Å². The minimum absolute atomic E-state index is 0.345. The van der Waals surface area contributed by atoms with Gasteiger partial charge in [-0.2, -0.15) is 0 Å². The number of hydrogen-bond acceptors (Lipinski definition) is 1. The Morgan fingerprint density at radius 3 is 2.12 bits per heavy atom. The Kier molecular flexibility index (Phi) is 9.90. The molecule has 2 aromatic rings. The van der Waals surface area contributed by atoms with Crippen LogP contribution >= 0.6 is 0 Å². The van der Waals surface area contributed by atoms with Gasteiger partial charge >= 0.3 is 0 Å². The smallest absolute Gasteiger partial charge is 0.0357 e. The molecule has 0 heterocycles. The summed E-state index contributed by atoms with van der Waals surface area (Å²) in [4.78, 5) is 0. The van der Waals surface area contributed by atoms with Crippen molar-refractivity contribution in [1.29, 1.82) is 0 Å². The van der Waals surface area contributed by atoms with Crippen LogP contribution in [0, 0.1) is 0 Å². The standard InChI is InChI=1S/C25H31N/c1-2-3-4-5-6-7-8-9-16-21-25(24-19-14-11-15-20-24)26-22-23-17-12-10-13-18-23/h2-3,5-6,9-20,25-26H,4,7-8,21-22H2,1H3/b3-2-,6-5+,16-9+. The first-order chi connectivity index (χ1) is 12.9. The number of hydrogen-bond donors (Lipinski definition) is 1. The van der Waals surface area contributed by atoms with Gasteiger partial charge in [-0.25, -0.2) is 0 Å². The summed E-state index contributed by atoms with van der Waals surface area (Å²) in [6, 6.07) is 21.7. The van der Waals surface area contributed by atoms with Crippen molar-refractivity contribution in [2.24, 2.45) is 0 Å². The Morgan fingerprint density at radius 1 is 0.769 bits per heavy atom. The molecule has 0 aliphatic heterocycles. The Labute approximate surface area is 159 Å². The fraction of sp³-hybridized carbons (Fsp3) is 0.280. The highest BCUT2D eigenvalue weighted by Gasteiger charge is 2.08. The summed E-state index contributed by atoms with van der Waals surface area (Å²) in [5, 5.41) is 3.70. The second-order valence-electron chi connectivity index (χ2n) is 6.39. The Hall–Kier alpha value is -2.38. The summed E-state index contributed by atoms with van der Waals surface area (Å²) in [5.74, 6) is 0. The van der Waals surface area contributed by atoms with Gasteiger partial charge in [0.05, 0.1) is 0 Å². The highest BCUT2D eigenvalue weighted by atomic mass is 14.9. The number of allylic oxidation sites excluding steroid dienone is 5. The summed E-state index contributed by atoms with van der Waals surface area (Å²) >= 11 is 0. The maximum Gasteiger partial charge on any atom is 0.0357 e. The van der Waals surface area contributed by atoms with Gasteiger partial charge in [-0.3, -0.25) is 0 Å². The fourth-order valence-electron chi connectivity index (χ4n) is 2.83. The van der Waals surface area contributed by atoms with Crippen LogP contribution in [0.25, 0.3) is 0 Å². The lowest BCUT2D eigenvalue weighted by Crippen LogP contribution is -2.20. The Balaban J connectivity index is 1.82. The van der Waals surface area contributed by atoms with Gasteiger partial charge in [-0.15, -0.1) is 0 Å². The van der Waals surface area contributed by atoms with Crippen LogP contribution in [0.15, 0.2) is 97.1 Å². The van der Waals surface area contributed by atoms with E-state index >= 15 is 0 Å². The van der Waals surface area contributed by atoms with Crippen LogP contribution < -0.4 is 5.32 Å². The first kappa shape index (κ1) is 19.9. The first-order valence-corrected chi connectivity index (χ1v) is 9.63. The molecule has 0 radical (unpaired) electrons. The number of nitrogens with one attached hydrogen (secondary N) is 1. The van der Waals surface area contributed by atoms with Crippen molar-refractivity contribution in [2.75, 3.05) is 0 Å². The van der Waals surface area contributed by atoms with Crippen molar-refractivity contribution in [3.05, 3.63) is 108 Å². The second-order valence-corrected chi connectivity index (χ2v) is 6.39. The van der Waals surface area contributed by atoms with Gasteiger partial charge in [-0.05, 0) is 43.7 Å². The molecule has 0 amide bonds. The van der Waals surface area contributed by atoms with E-state index in [1.165, 1.54) is 11.1 Å². The van der Waals surface area contributed by atoms with Crippen molar-refractivity contribution in [3.8, 4) is 0 Å². The molecule has 0 aliphatic rings. The molecule has 1 heteroatoms. The quantitative estimate of drug-likeness (QED) is 0.350. The molecule has 0 bridgehead atoms. The van der Waals surface area contributed by atoms with Gasteiger partial charge in [0.2, 0.25) is 0 Å². The van der Waals surface area contributed by atoms with E-state index in [0.717, 1.165) is 32.2 Å². The summed E-state index contributed by atoms with van der Waals surface area (Å²) in [6.07, 6.45) is 17.7.